The summed E-state index contributed by atoms with van der Waals surface area (Å²) in [6.07, 6.45) is 1.78. The zero-order valence-electron chi connectivity index (χ0n) is 11.1. The van der Waals surface area contributed by atoms with E-state index < -0.39 is 0 Å². The van der Waals surface area contributed by atoms with E-state index in [9.17, 15) is 0 Å². The van der Waals surface area contributed by atoms with Gasteiger partial charge in [0.15, 0.2) is 0 Å². The van der Waals surface area contributed by atoms with Crippen molar-refractivity contribution in [3.05, 3.63) is 58.4 Å². The molecule has 0 radical (unpaired) electrons. The Balaban J connectivity index is 2.16. The molecule has 0 fully saturated rings. The highest BCUT2D eigenvalue weighted by Crippen LogP contribution is 2.27. The molecule has 1 heterocycles. The Morgan fingerprint density at radius 3 is 2.84 bits per heavy atom. The van der Waals surface area contributed by atoms with Crippen molar-refractivity contribution >= 4 is 11.6 Å². The van der Waals surface area contributed by atoms with Gasteiger partial charge in [-0.15, -0.1) is 0 Å². The molecule has 0 aliphatic carbocycles. The zero-order chi connectivity index (χ0) is 13.7. The third-order valence-corrected chi connectivity index (χ3v) is 3.27. The Labute approximate surface area is 118 Å². The van der Waals surface area contributed by atoms with E-state index in [0.29, 0.717) is 18.2 Å². The molecule has 2 rings (SSSR count). The lowest BCUT2D eigenvalue weighted by atomic mass is 10.2. The topological polar surface area (TPSA) is 34.1 Å². The Morgan fingerprint density at radius 2 is 2.11 bits per heavy atom. The van der Waals surface area contributed by atoms with Crippen LogP contribution in [0.1, 0.15) is 16.8 Å². The first-order chi connectivity index (χ1) is 9.22. The number of halogens is 1. The lowest BCUT2D eigenvalue weighted by Gasteiger charge is -2.13. The fraction of sp³-hybridized carbons (Fsp3) is 0.267. The van der Waals surface area contributed by atoms with Crippen LogP contribution in [0.25, 0.3) is 0 Å². The maximum Gasteiger partial charge on any atom is 0.130 e. The first-order valence-electron chi connectivity index (χ1n) is 6.17. The molecule has 0 spiro atoms. The zero-order valence-corrected chi connectivity index (χ0v) is 11.9. The Morgan fingerprint density at radius 1 is 1.26 bits per heavy atom. The molecule has 0 amide bonds. The maximum atomic E-state index is 6.19. The fourth-order valence-corrected chi connectivity index (χ4v) is 2.07. The van der Waals surface area contributed by atoms with Crippen molar-refractivity contribution in [1.82, 2.24) is 10.3 Å². The van der Waals surface area contributed by atoms with Crippen molar-refractivity contribution in [2.45, 2.75) is 20.1 Å². The molecule has 0 saturated heterocycles. The van der Waals surface area contributed by atoms with Crippen LogP contribution in [0.5, 0.6) is 5.75 Å². The molecular weight excluding hydrogens is 260 g/mol. The molecule has 0 bridgehead atoms. The van der Waals surface area contributed by atoms with Crippen LogP contribution in [0.2, 0.25) is 5.02 Å². The quantitative estimate of drug-likeness (QED) is 0.909. The molecule has 0 unspecified atom stereocenters. The summed E-state index contributed by atoms with van der Waals surface area (Å²) in [4.78, 5) is 4.32. The number of pyridine rings is 1. The van der Waals surface area contributed by atoms with Gasteiger partial charge in [-0.25, -0.2) is 0 Å². The van der Waals surface area contributed by atoms with Crippen molar-refractivity contribution in [1.29, 1.82) is 0 Å². The molecule has 0 aliphatic heterocycles. The Hall–Kier alpha value is -1.58. The van der Waals surface area contributed by atoms with Crippen molar-refractivity contribution in [2.24, 2.45) is 0 Å². The van der Waals surface area contributed by atoms with E-state index >= 15 is 0 Å². The van der Waals surface area contributed by atoms with Crippen LogP contribution in [-0.4, -0.2) is 12.0 Å². The Bertz CT molecular complexity index is 558. The van der Waals surface area contributed by atoms with Crippen molar-refractivity contribution in [3.8, 4) is 5.75 Å². The number of nitrogens with one attached hydrogen (secondary N) is 1. The van der Waals surface area contributed by atoms with Gasteiger partial charge < -0.3 is 10.1 Å². The first kappa shape index (κ1) is 13.8. The van der Waals surface area contributed by atoms with Gasteiger partial charge in [0.2, 0.25) is 0 Å². The van der Waals surface area contributed by atoms with Gasteiger partial charge in [0.25, 0.3) is 0 Å². The molecular formula is C15H17ClN2O. The summed E-state index contributed by atoms with van der Waals surface area (Å²) in [6.45, 7) is 3.15. The van der Waals surface area contributed by atoms with E-state index in [1.54, 1.807) is 6.20 Å². The minimum atomic E-state index is 0.448. The third kappa shape index (κ3) is 3.46. The number of hydrogen-bond donors (Lipinski definition) is 1. The van der Waals surface area contributed by atoms with Crippen molar-refractivity contribution < 1.29 is 4.74 Å². The summed E-state index contributed by atoms with van der Waals surface area (Å²) >= 11 is 6.19. The Kier molecular flexibility index (Phi) is 4.77. The van der Waals surface area contributed by atoms with Gasteiger partial charge >= 0.3 is 0 Å². The van der Waals surface area contributed by atoms with Crippen LogP contribution in [0.15, 0.2) is 36.5 Å². The van der Waals surface area contributed by atoms with Gasteiger partial charge in [-0.05, 0) is 37.7 Å². The highest BCUT2D eigenvalue weighted by molar-refractivity contribution is 6.31. The van der Waals surface area contributed by atoms with Crippen LogP contribution >= 0.6 is 11.6 Å². The minimum Gasteiger partial charge on any atom is -0.487 e. The third-order valence-electron chi connectivity index (χ3n) is 2.91. The predicted molar refractivity (Wildman–Crippen MR) is 77.5 cm³/mol. The maximum absolute atomic E-state index is 6.19. The molecule has 1 aromatic heterocycles. The predicted octanol–water partition coefficient (Wildman–Crippen LogP) is 3.34. The summed E-state index contributed by atoms with van der Waals surface area (Å²) < 4.78 is 5.85. The van der Waals surface area contributed by atoms with Crippen LogP contribution in [0.3, 0.4) is 0 Å². The van der Waals surface area contributed by atoms with Crippen LogP contribution < -0.4 is 10.1 Å². The molecule has 2 aromatic rings. The first-order valence-corrected chi connectivity index (χ1v) is 6.55. The van der Waals surface area contributed by atoms with Gasteiger partial charge in [-0.3, -0.25) is 4.98 Å². The average molecular weight is 277 g/mol. The minimum absolute atomic E-state index is 0.448. The molecule has 3 nitrogen and oxygen atoms in total. The molecule has 0 atom stereocenters. The number of benzene rings is 1. The smallest absolute Gasteiger partial charge is 0.130 e. The average Bonchev–Trinajstić information content (AvgIpc) is 2.41. The van der Waals surface area contributed by atoms with Gasteiger partial charge in [0.05, 0.1) is 5.69 Å². The molecule has 1 N–H and O–H groups in total. The molecule has 100 valence electrons. The van der Waals surface area contributed by atoms with Gasteiger partial charge in [0, 0.05) is 23.3 Å². The second-order valence-corrected chi connectivity index (χ2v) is 4.71. The van der Waals surface area contributed by atoms with E-state index in [2.05, 4.69) is 10.3 Å². The van der Waals surface area contributed by atoms with E-state index in [4.69, 9.17) is 16.3 Å². The number of hydrogen-bond acceptors (Lipinski definition) is 3. The number of aryl methyl sites for hydroxylation is 1. The highest BCUT2D eigenvalue weighted by atomic mass is 35.5. The van der Waals surface area contributed by atoms with Crippen LogP contribution in [0, 0.1) is 6.92 Å². The van der Waals surface area contributed by atoms with Crippen molar-refractivity contribution in [2.75, 3.05) is 7.05 Å². The normalized spacial score (nSPS) is 10.5. The van der Waals surface area contributed by atoms with E-state index in [1.165, 1.54) is 0 Å². The summed E-state index contributed by atoms with van der Waals surface area (Å²) in [6, 6.07) is 9.63. The number of ether oxygens (including phenoxy) is 1. The number of aromatic nitrogens is 1. The molecule has 0 saturated carbocycles. The summed E-state index contributed by atoms with van der Waals surface area (Å²) in [5.41, 5.74) is 3.04. The summed E-state index contributed by atoms with van der Waals surface area (Å²) in [5, 5.41) is 3.81. The molecule has 0 aliphatic rings. The molecule has 4 heteroatoms. The van der Waals surface area contributed by atoms with E-state index in [-0.39, 0.29) is 0 Å². The van der Waals surface area contributed by atoms with E-state index in [0.717, 1.165) is 22.6 Å². The molecule has 19 heavy (non-hydrogen) atoms. The van der Waals surface area contributed by atoms with Crippen LogP contribution in [-0.2, 0) is 13.2 Å². The lowest BCUT2D eigenvalue weighted by molar-refractivity contribution is 0.297. The highest BCUT2D eigenvalue weighted by Gasteiger charge is 2.08. The van der Waals surface area contributed by atoms with Gasteiger partial charge in [-0.2, -0.15) is 0 Å². The van der Waals surface area contributed by atoms with Gasteiger partial charge in [0.1, 0.15) is 12.4 Å². The monoisotopic (exact) mass is 276 g/mol. The molecule has 1 aromatic carbocycles. The van der Waals surface area contributed by atoms with Crippen LogP contribution in [0.4, 0.5) is 0 Å². The summed E-state index contributed by atoms with van der Waals surface area (Å²) in [7, 11) is 1.88. The standard InChI is InChI=1S/C15H17ClN2O/c1-11-5-4-8-18-14(11)10-19-15-7-3-6-13(16)12(15)9-17-2/h3-8,17H,9-10H2,1-2H3. The van der Waals surface area contributed by atoms with E-state index in [1.807, 2.05) is 44.3 Å². The van der Waals surface area contributed by atoms with Crippen molar-refractivity contribution in [3.63, 3.8) is 0 Å². The summed E-state index contributed by atoms with van der Waals surface area (Å²) in [5.74, 6) is 0.798. The second-order valence-electron chi connectivity index (χ2n) is 4.30. The number of nitrogens with zero attached hydrogens (tertiary/aromatic N) is 1. The fourth-order valence-electron chi connectivity index (χ4n) is 1.84. The second kappa shape index (κ2) is 6.55. The van der Waals surface area contributed by atoms with Gasteiger partial charge in [-0.1, -0.05) is 23.7 Å². The largest absolute Gasteiger partial charge is 0.487 e. The lowest BCUT2D eigenvalue weighted by Crippen LogP contribution is -2.09. The SMILES string of the molecule is CNCc1c(Cl)cccc1OCc1ncccc1C. The number of rotatable bonds is 5.